The lowest BCUT2D eigenvalue weighted by molar-refractivity contribution is -0.141. The second-order valence-corrected chi connectivity index (χ2v) is 5.22. The molecule has 0 saturated carbocycles. The second-order valence-electron chi connectivity index (χ2n) is 4.42. The molecule has 4 nitrogen and oxygen atoms in total. The monoisotopic (exact) mass is 342 g/mol. The number of hydrogen-bond donors (Lipinski definition) is 0. The highest BCUT2D eigenvalue weighted by atomic mass is 32.2. The highest BCUT2D eigenvalue weighted by Crippen LogP contribution is 2.34. The van der Waals surface area contributed by atoms with Gasteiger partial charge in [-0.2, -0.15) is 13.2 Å². The molecular formula is C15H13F3N2O2S. The molecule has 0 fully saturated rings. The highest BCUT2D eigenvalue weighted by molar-refractivity contribution is 8.13. The van der Waals surface area contributed by atoms with E-state index in [0.29, 0.717) is 22.3 Å². The molecule has 0 spiro atoms. The maximum absolute atomic E-state index is 12.9. The number of aliphatic imine (C=N–C) groups is 1. The minimum absolute atomic E-state index is 0.0161. The topological polar surface area (TPSA) is 51.5 Å². The van der Waals surface area contributed by atoms with Crippen molar-refractivity contribution in [3.8, 4) is 5.75 Å². The van der Waals surface area contributed by atoms with Crippen LogP contribution < -0.4 is 4.74 Å². The molecule has 0 radical (unpaired) electrons. The van der Waals surface area contributed by atoms with Crippen LogP contribution >= 0.6 is 11.8 Å². The summed E-state index contributed by atoms with van der Waals surface area (Å²) >= 11 is 1.30. The van der Waals surface area contributed by atoms with Crippen molar-refractivity contribution in [2.75, 3.05) is 19.9 Å². The zero-order valence-corrected chi connectivity index (χ0v) is 13.2. The number of rotatable bonds is 4. The summed E-state index contributed by atoms with van der Waals surface area (Å²) in [5.41, 5.74) is -0.278. The Bertz CT molecular complexity index is 760. The standard InChI is InChI=1S/C15H13F3N2O2S/c1-22-11-5-3-10(14(23-2)19-7-8-21)9-4-6-12(15(16,17)18)20-13(9)11/h3-6,8H,7H2,1-2H3/b19-14+. The lowest BCUT2D eigenvalue weighted by Crippen LogP contribution is -2.09. The third-order valence-electron chi connectivity index (χ3n) is 3.06. The van der Waals surface area contributed by atoms with Gasteiger partial charge in [-0.05, 0) is 30.5 Å². The van der Waals surface area contributed by atoms with Crippen LogP contribution in [0.4, 0.5) is 13.2 Å². The van der Waals surface area contributed by atoms with E-state index < -0.39 is 11.9 Å². The van der Waals surface area contributed by atoms with Gasteiger partial charge < -0.3 is 9.53 Å². The SMILES string of the molecule is COc1ccc(/C(=N\CC=O)SC)c2ccc(C(F)(F)F)nc12. The van der Waals surface area contributed by atoms with Crippen molar-refractivity contribution in [2.24, 2.45) is 4.99 Å². The van der Waals surface area contributed by atoms with E-state index in [1.54, 1.807) is 12.3 Å². The van der Waals surface area contributed by atoms with Crippen LogP contribution in [0.3, 0.4) is 0 Å². The number of aromatic nitrogens is 1. The van der Waals surface area contributed by atoms with Crippen molar-refractivity contribution >= 4 is 34.0 Å². The smallest absolute Gasteiger partial charge is 0.433 e. The summed E-state index contributed by atoms with van der Waals surface area (Å²) in [5.74, 6) is 0.241. The normalized spacial score (nSPS) is 12.5. The lowest BCUT2D eigenvalue weighted by Gasteiger charge is -2.13. The summed E-state index contributed by atoms with van der Waals surface area (Å²) in [4.78, 5) is 18.3. The van der Waals surface area contributed by atoms with Gasteiger partial charge >= 0.3 is 6.18 Å². The molecule has 0 N–H and O–H groups in total. The molecule has 8 heteroatoms. The summed E-state index contributed by atoms with van der Waals surface area (Å²) < 4.78 is 43.7. The fraction of sp³-hybridized carbons (Fsp3) is 0.267. The number of nitrogens with zero attached hydrogens (tertiary/aromatic N) is 2. The Labute approximate surface area is 134 Å². The number of pyridine rings is 1. The molecule has 0 aliphatic rings. The van der Waals surface area contributed by atoms with Gasteiger partial charge in [-0.25, -0.2) is 4.98 Å². The number of carbonyl (C=O) groups excluding carboxylic acids is 1. The third-order valence-corrected chi connectivity index (χ3v) is 3.80. The number of benzene rings is 1. The van der Waals surface area contributed by atoms with Crippen molar-refractivity contribution in [3.63, 3.8) is 0 Å². The van der Waals surface area contributed by atoms with Crippen molar-refractivity contribution in [1.82, 2.24) is 4.98 Å². The molecule has 0 bridgehead atoms. The first-order valence-electron chi connectivity index (χ1n) is 6.49. The molecule has 1 aromatic heterocycles. The molecule has 23 heavy (non-hydrogen) atoms. The molecule has 0 unspecified atom stereocenters. The molecule has 2 rings (SSSR count). The second kappa shape index (κ2) is 6.99. The van der Waals surface area contributed by atoms with Gasteiger partial charge in [-0.3, -0.25) is 4.99 Å². The molecule has 0 atom stereocenters. The average Bonchev–Trinajstić information content (AvgIpc) is 2.54. The fourth-order valence-corrected chi connectivity index (χ4v) is 2.68. The van der Waals surface area contributed by atoms with Gasteiger partial charge in [0.2, 0.25) is 0 Å². The van der Waals surface area contributed by atoms with Gasteiger partial charge in [-0.1, -0.05) is 0 Å². The molecule has 0 amide bonds. The van der Waals surface area contributed by atoms with Crippen LogP contribution in [0.15, 0.2) is 29.3 Å². The first kappa shape index (κ1) is 17.3. The molecule has 1 aromatic carbocycles. The molecule has 0 aliphatic heterocycles. The molecule has 2 aromatic rings. The first-order valence-corrected chi connectivity index (χ1v) is 7.72. The van der Waals surface area contributed by atoms with Gasteiger partial charge in [0.25, 0.3) is 0 Å². The zero-order chi connectivity index (χ0) is 17.0. The maximum Gasteiger partial charge on any atom is 0.433 e. The summed E-state index contributed by atoms with van der Waals surface area (Å²) in [6.45, 7) is -0.0161. The Morgan fingerprint density at radius 2 is 2.09 bits per heavy atom. The Morgan fingerprint density at radius 3 is 2.65 bits per heavy atom. The summed E-state index contributed by atoms with van der Waals surface area (Å²) in [6.07, 6.45) is -2.11. The number of aldehydes is 1. The molecule has 0 saturated heterocycles. The number of ether oxygens (including phenoxy) is 1. The summed E-state index contributed by atoms with van der Waals surface area (Å²) in [5, 5.41) is 1.03. The quantitative estimate of drug-likeness (QED) is 0.484. The van der Waals surface area contributed by atoms with Crippen LogP contribution in [0.2, 0.25) is 0 Å². The Kier molecular flexibility index (Phi) is 5.25. The number of halogens is 3. The number of alkyl halides is 3. The molecule has 122 valence electrons. The van der Waals surface area contributed by atoms with Crippen LogP contribution in [0.25, 0.3) is 10.9 Å². The van der Waals surface area contributed by atoms with Crippen molar-refractivity contribution < 1.29 is 22.7 Å². The number of fused-ring (bicyclic) bond motifs is 1. The van der Waals surface area contributed by atoms with E-state index in [4.69, 9.17) is 4.74 Å². The first-order chi connectivity index (χ1) is 10.9. The van der Waals surface area contributed by atoms with E-state index >= 15 is 0 Å². The predicted molar refractivity (Wildman–Crippen MR) is 84.3 cm³/mol. The van der Waals surface area contributed by atoms with E-state index in [1.807, 2.05) is 0 Å². The zero-order valence-electron chi connectivity index (χ0n) is 12.3. The van der Waals surface area contributed by atoms with E-state index in [9.17, 15) is 18.0 Å². The van der Waals surface area contributed by atoms with E-state index in [0.717, 1.165) is 6.07 Å². The van der Waals surface area contributed by atoms with Crippen LogP contribution in [-0.2, 0) is 11.0 Å². The van der Waals surface area contributed by atoms with Gasteiger partial charge in [0.1, 0.15) is 23.2 Å². The number of thioether (sulfide) groups is 1. The molecule has 1 heterocycles. The van der Waals surface area contributed by atoms with Gasteiger partial charge in [-0.15, -0.1) is 11.8 Å². The Morgan fingerprint density at radius 1 is 1.35 bits per heavy atom. The average molecular weight is 342 g/mol. The lowest BCUT2D eigenvalue weighted by atomic mass is 10.1. The van der Waals surface area contributed by atoms with Crippen LogP contribution in [0.5, 0.6) is 5.75 Å². The van der Waals surface area contributed by atoms with E-state index in [2.05, 4.69) is 9.98 Å². The van der Waals surface area contributed by atoms with Crippen LogP contribution in [-0.4, -0.2) is 36.2 Å². The summed E-state index contributed by atoms with van der Waals surface area (Å²) in [7, 11) is 1.37. The van der Waals surface area contributed by atoms with Crippen molar-refractivity contribution in [1.29, 1.82) is 0 Å². The largest absolute Gasteiger partial charge is 0.494 e. The van der Waals surface area contributed by atoms with Gasteiger partial charge in [0.15, 0.2) is 0 Å². The van der Waals surface area contributed by atoms with Crippen molar-refractivity contribution in [3.05, 3.63) is 35.5 Å². The van der Waals surface area contributed by atoms with E-state index in [1.165, 1.54) is 31.0 Å². The highest BCUT2D eigenvalue weighted by Gasteiger charge is 2.33. The van der Waals surface area contributed by atoms with Gasteiger partial charge in [0.05, 0.1) is 18.7 Å². The number of methoxy groups -OCH3 is 1. The Balaban J connectivity index is 2.72. The summed E-state index contributed by atoms with van der Waals surface area (Å²) in [6, 6.07) is 5.49. The Hall–Kier alpha value is -2.09. The minimum Gasteiger partial charge on any atom is -0.494 e. The van der Waals surface area contributed by atoms with Crippen LogP contribution in [0, 0.1) is 0 Å². The third kappa shape index (κ3) is 3.64. The number of hydrogen-bond acceptors (Lipinski definition) is 5. The molecule has 0 aliphatic carbocycles. The minimum atomic E-state index is -4.54. The number of carbonyl (C=O) groups is 1. The van der Waals surface area contributed by atoms with Crippen molar-refractivity contribution in [2.45, 2.75) is 6.18 Å². The van der Waals surface area contributed by atoms with E-state index in [-0.39, 0.29) is 17.8 Å². The van der Waals surface area contributed by atoms with Crippen LogP contribution in [0.1, 0.15) is 11.3 Å². The molecular weight excluding hydrogens is 329 g/mol. The predicted octanol–water partition coefficient (Wildman–Crippen LogP) is 3.57. The maximum atomic E-state index is 12.9. The van der Waals surface area contributed by atoms with Gasteiger partial charge in [0, 0.05) is 10.9 Å². The fourth-order valence-electron chi connectivity index (χ4n) is 2.08.